The van der Waals surface area contributed by atoms with Crippen LogP contribution in [0.2, 0.25) is 0 Å². The smallest absolute Gasteiger partial charge is 0.223 e. The fourth-order valence-corrected chi connectivity index (χ4v) is 3.45. The largest absolute Gasteiger partial charge is 0.491 e. The van der Waals surface area contributed by atoms with Crippen molar-refractivity contribution in [3.05, 3.63) is 24.3 Å². The maximum atomic E-state index is 11.9. The molecule has 0 bridgehead atoms. The first kappa shape index (κ1) is 25.0. The van der Waals surface area contributed by atoms with Gasteiger partial charge in [-0.1, -0.05) is 6.92 Å². The zero-order valence-electron chi connectivity index (χ0n) is 20.0. The van der Waals surface area contributed by atoms with Crippen LogP contribution in [-0.2, 0) is 4.79 Å². The molecule has 2 N–H and O–H groups in total. The number of carbonyl (C=O) groups excluding carboxylic acids is 1. The van der Waals surface area contributed by atoms with Crippen LogP contribution in [0.4, 0.5) is 5.69 Å². The molecule has 31 heavy (non-hydrogen) atoms. The number of ether oxygens (including phenoxy) is 1. The number of nitrogens with zero attached hydrogens (tertiary/aromatic N) is 3. The van der Waals surface area contributed by atoms with Gasteiger partial charge in [-0.2, -0.15) is 0 Å². The quantitative estimate of drug-likeness (QED) is 0.337. The van der Waals surface area contributed by atoms with Gasteiger partial charge in [-0.25, -0.2) is 0 Å². The van der Waals surface area contributed by atoms with Crippen molar-refractivity contribution in [2.75, 3.05) is 52.1 Å². The highest BCUT2D eigenvalue weighted by atomic mass is 16.5. The summed E-state index contributed by atoms with van der Waals surface area (Å²) in [7, 11) is 3.55. The number of guanidine groups is 1. The molecule has 1 fully saturated rings. The molecule has 0 spiro atoms. The summed E-state index contributed by atoms with van der Waals surface area (Å²) in [6.07, 6.45) is 4.21. The molecule has 0 unspecified atom stereocenters. The van der Waals surface area contributed by atoms with Gasteiger partial charge in [0.25, 0.3) is 0 Å². The van der Waals surface area contributed by atoms with Gasteiger partial charge in [0, 0.05) is 39.3 Å². The average molecular weight is 432 g/mol. The zero-order valence-corrected chi connectivity index (χ0v) is 20.0. The molecule has 7 nitrogen and oxygen atoms in total. The Bertz CT molecular complexity index is 680. The van der Waals surface area contributed by atoms with Crippen molar-refractivity contribution in [3.63, 3.8) is 0 Å². The lowest BCUT2D eigenvalue weighted by Crippen LogP contribution is -2.35. The Hall–Kier alpha value is -2.28. The van der Waals surface area contributed by atoms with Crippen molar-refractivity contribution in [2.45, 2.75) is 52.6 Å². The number of hydrogen-bond acceptors (Lipinski definition) is 4. The Labute approximate surface area is 188 Å². The Morgan fingerprint density at radius 3 is 2.52 bits per heavy atom. The maximum absolute atomic E-state index is 11.9. The summed E-state index contributed by atoms with van der Waals surface area (Å²) in [5, 5.41) is 6.64. The third-order valence-corrected chi connectivity index (χ3v) is 5.40. The second kappa shape index (κ2) is 13.2. The highest BCUT2D eigenvalue weighted by molar-refractivity contribution is 5.93. The van der Waals surface area contributed by atoms with Gasteiger partial charge in [0.1, 0.15) is 5.75 Å². The van der Waals surface area contributed by atoms with E-state index in [-0.39, 0.29) is 12.0 Å². The fraction of sp³-hybridized carbons (Fsp3) is 0.667. The van der Waals surface area contributed by atoms with Crippen LogP contribution in [0, 0.1) is 5.92 Å². The Balaban J connectivity index is 1.88. The number of likely N-dealkylation sites (tertiary alicyclic amines) is 1. The second-order valence-electron chi connectivity index (χ2n) is 8.89. The molecule has 174 valence electrons. The van der Waals surface area contributed by atoms with E-state index < -0.39 is 0 Å². The van der Waals surface area contributed by atoms with E-state index in [1.165, 1.54) is 25.9 Å². The molecule has 1 aromatic rings. The minimum atomic E-state index is 0.0985. The summed E-state index contributed by atoms with van der Waals surface area (Å²) < 4.78 is 5.71. The van der Waals surface area contributed by atoms with Crippen molar-refractivity contribution in [1.82, 2.24) is 15.1 Å². The van der Waals surface area contributed by atoms with E-state index >= 15 is 0 Å². The van der Waals surface area contributed by atoms with Crippen molar-refractivity contribution >= 4 is 17.6 Å². The van der Waals surface area contributed by atoms with Crippen LogP contribution in [0.3, 0.4) is 0 Å². The number of hydrogen-bond donors (Lipinski definition) is 2. The number of aliphatic imine (C=N–C) groups is 1. The fourth-order valence-electron chi connectivity index (χ4n) is 3.45. The summed E-state index contributed by atoms with van der Waals surface area (Å²) in [5.74, 6) is 2.51. The number of benzene rings is 1. The number of carbonyl (C=O) groups is 1. The van der Waals surface area contributed by atoms with Gasteiger partial charge in [-0.3, -0.25) is 9.79 Å². The summed E-state index contributed by atoms with van der Waals surface area (Å²) in [6.45, 7) is 11.1. The zero-order chi connectivity index (χ0) is 22.6. The van der Waals surface area contributed by atoms with Crippen LogP contribution in [-0.4, -0.2) is 74.6 Å². The van der Waals surface area contributed by atoms with Gasteiger partial charge in [0.05, 0.1) is 6.10 Å². The molecule has 1 amide bonds. The third-order valence-electron chi connectivity index (χ3n) is 5.40. The van der Waals surface area contributed by atoms with E-state index in [9.17, 15) is 4.79 Å². The molecule has 7 heteroatoms. The van der Waals surface area contributed by atoms with E-state index in [0.29, 0.717) is 18.9 Å². The predicted molar refractivity (Wildman–Crippen MR) is 129 cm³/mol. The van der Waals surface area contributed by atoms with Crippen LogP contribution >= 0.6 is 0 Å². The maximum Gasteiger partial charge on any atom is 0.223 e. The van der Waals surface area contributed by atoms with Gasteiger partial charge in [-0.05, 0) is 82.9 Å². The Morgan fingerprint density at radius 1 is 1.23 bits per heavy atom. The first-order valence-corrected chi connectivity index (χ1v) is 11.6. The Kier molecular flexibility index (Phi) is 10.6. The minimum Gasteiger partial charge on any atom is -0.491 e. The van der Waals surface area contributed by atoms with Crippen molar-refractivity contribution in [3.8, 4) is 5.75 Å². The number of rotatable bonds is 10. The first-order valence-electron chi connectivity index (χ1n) is 11.6. The average Bonchev–Trinajstić information content (AvgIpc) is 2.73. The highest BCUT2D eigenvalue weighted by Crippen LogP contribution is 2.17. The van der Waals surface area contributed by atoms with Crippen LogP contribution < -0.4 is 15.4 Å². The predicted octanol–water partition coefficient (Wildman–Crippen LogP) is 3.43. The molecule has 1 aliphatic heterocycles. The molecule has 2 rings (SSSR count). The molecule has 0 aliphatic carbocycles. The third kappa shape index (κ3) is 10.0. The van der Waals surface area contributed by atoms with Crippen LogP contribution in [0.25, 0.3) is 0 Å². The van der Waals surface area contributed by atoms with Gasteiger partial charge in [-0.15, -0.1) is 0 Å². The molecular weight excluding hydrogens is 390 g/mol. The van der Waals surface area contributed by atoms with Crippen LogP contribution in [0.5, 0.6) is 5.75 Å². The second-order valence-corrected chi connectivity index (χ2v) is 8.89. The molecule has 1 aliphatic rings. The molecule has 0 atom stereocenters. The summed E-state index contributed by atoms with van der Waals surface area (Å²) in [5.41, 5.74) is 0.936. The Morgan fingerprint density at radius 2 is 1.90 bits per heavy atom. The number of piperidine rings is 1. The van der Waals surface area contributed by atoms with E-state index in [1.54, 1.807) is 19.0 Å². The van der Waals surface area contributed by atoms with E-state index in [4.69, 9.17) is 9.73 Å². The van der Waals surface area contributed by atoms with E-state index in [0.717, 1.165) is 36.9 Å². The molecule has 0 saturated carbocycles. The lowest BCUT2D eigenvalue weighted by molar-refractivity contribution is -0.128. The number of amides is 1. The summed E-state index contributed by atoms with van der Waals surface area (Å²) >= 11 is 0. The summed E-state index contributed by atoms with van der Waals surface area (Å²) in [6, 6.07) is 7.86. The first-order chi connectivity index (χ1) is 14.8. The summed E-state index contributed by atoms with van der Waals surface area (Å²) in [4.78, 5) is 20.8. The van der Waals surface area contributed by atoms with E-state index in [1.807, 2.05) is 38.1 Å². The molecule has 0 radical (unpaired) electrons. The van der Waals surface area contributed by atoms with Crippen LogP contribution in [0.1, 0.15) is 46.5 Å². The highest BCUT2D eigenvalue weighted by Gasteiger charge is 2.14. The molecule has 1 heterocycles. The molecule has 1 aromatic carbocycles. The monoisotopic (exact) mass is 431 g/mol. The lowest BCUT2D eigenvalue weighted by atomic mass is 9.99. The van der Waals surface area contributed by atoms with Gasteiger partial charge < -0.3 is 25.2 Å². The van der Waals surface area contributed by atoms with Crippen LogP contribution in [0.15, 0.2) is 29.3 Å². The SMILES string of the molecule is CC1CCN(CCCN=C(NCCC(=O)N(C)C)Nc2ccc(OC(C)C)cc2)CC1. The molecule has 1 saturated heterocycles. The van der Waals surface area contributed by atoms with Gasteiger partial charge >= 0.3 is 0 Å². The molecule has 0 aromatic heterocycles. The normalized spacial score (nSPS) is 15.7. The van der Waals surface area contributed by atoms with Crippen molar-refractivity contribution in [2.24, 2.45) is 10.9 Å². The number of nitrogens with one attached hydrogen (secondary N) is 2. The lowest BCUT2D eigenvalue weighted by Gasteiger charge is -2.29. The minimum absolute atomic E-state index is 0.0985. The molecular formula is C24H41N5O2. The standard InChI is InChI=1S/C24H41N5O2/c1-19(2)31-22-9-7-21(8-10-22)27-24(26-15-11-23(30)28(4)5)25-14-6-16-29-17-12-20(3)13-18-29/h7-10,19-20H,6,11-18H2,1-5H3,(H2,25,26,27). The van der Waals surface area contributed by atoms with Gasteiger partial charge in [0.15, 0.2) is 5.96 Å². The van der Waals surface area contributed by atoms with Gasteiger partial charge in [0.2, 0.25) is 5.91 Å². The van der Waals surface area contributed by atoms with Crippen molar-refractivity contribution < 1.29 is 9.53 Å². The number of anilines is 1. The van der Waals surface area contributed by atoms with E-state index in [2.05, 4.69) is 22.5 Å². The van der Waals surface area contributed by atoms with Crippen molar-refractivity contribution in [1.29, 1.82) is 0 Å². The topological polar surface area (TPSA) is 69.2 Å².